The van der Waals surface area contributed by atoms with Crippen LogP contribution < -0.4 is 16.0 Å². The van der Waals surface area contributed by atoms with Crippen LogP contribution >= 0.6 is 0 Å². The largest absolute Gasteiger partial charge is 0.468 e. The summed E-state index contributed by atoms with van der Waals surface area (Å²) in [6.45, 7) is 6.61. The number of furan rings is 1. The van der Waals surface area contributed by atoms with Gasteiger partial charge >= 0.3 is 0 Å². The van der Waals surface area contributed by atoms with Gasteiger partial charge in [0.25, 0.3) is 0 Å². The zero-order valence-corrected chi connectivity index (χ0v) is 19.4. The molecule has 1 aromatic carbocycles. The number of rotatable bonds is 10. The number of hydrogen-bond acceptors (Lipinski definition) is 5. The van der Waals surface area contributed by atoms with E-state index in [0.717, 1.165) is 49.1 Å². The third-order valence-electron chi connectivity index (χ3n) is 5.35. The predicted molar refractivity (Wildman–Crippen MR) is 129 cm³/mol. The number of amides is 1. The molecule has 0 radical (unpaired) electrons. The predicted octanol–water partition coefficient (Wildman–Crippen LogP) is 2.67. The fourth-order valence-electron chi connectivity index (χ4n) is 3.88. The Labute approximate surface area is 191 Å². The van der Waals surface area contributed by atoms with Crippen LogP contribution in [0.4, 0.5) is 5.69 Å². The summed E-state index contributed by atoms with van der Waals surface area (Å²) in [5.41, 5.74) is 1.82. The van der Waals surface area contributed by atoms with Gasteiger partial charge in [0.2, 0.25) is 5.91 Å². The zero-order valence-electron chi connectivity index (χ0n) is 19.4. The second-order valence-electron chi connectivity index (χ2n) is 8.34. The van der Waals surface area contributed by atoms with E-state index < -0.39 is 0 Å². The monoisotopic (exact) mass is 440 g/mol. The number of nitrogens with one attached hydrogen (secondary N) is 3. The van der Waals surface area contributed by atoms with Gasteiger partial charge < -0.3 is 25.3 Å². The number of likely N-dealkylation sites (tertiary alicyclic amines) is 1. The second kappa shape index (κ2) is 12.3. The molecule has 1 unspecified atom stereocenters. The lowest BCUT2D eigenvalue weighted by Crippen LogP contribution is -2.42. The number of anilines is 1. The molecule has 8 heteroatoms. The smallest absolute Gasteiger partial charge is 0.238 e. The third-order valence-corrected chi connectivity index (χ3v) is 5.35. The number of aliphatic imine (C=N–C) groups is 1. The van der Waals surface area contributed by atoms with Crippen molar-refractivity contribution in [2.24, 2.45) is 4.99 Å². The molecule has 1 aliphatic rings. The van der Waals surface area contributed by atoms with Crippen molar-refractivity contribution in [3.8, 4) is 0 Å². The SMILES string of the molecule is CCNC(=NCc1cccc(NC(=O)CN(C)C)c1)NCC(c1ccco1)N1CCCC1. The van der Waals surface area contributed by atoms with Gasteiger partial charge in [-0.2, -0.15) is 0 Å². The van der Waals surface area contributed by atoms with E-state index in [1.807, 2.05) is 55.4 Å². The van der Waals surface area contributed by atoms with Crippen LogP contribution in [0.5, 0.6) is 0 Å². The summed E-state index contributed by atoms with van der Waals surface area (Å²) in [7, 11) is 3.75. The Hall–Kier alpha value is -2.84. The summed E-state index contributed by atoms with van der Waals surface area (Å²) in [4.78, 5) is 21.1. The van der Waals surface area contributed by atoms with Gasteiger partial charge in [-0.15, -0.1) is 0 Å². The molecular weight excluding hydrogens is 404 g/mol. The van der Waals surface area contributed by atoms with Crippen LogP contribution in [0, 0.1) is 0 Å². The Morgan fingerprint density at radius 1 is 1.19 bits per heavy atom. The average Bonchev–Trinajstić information content (AvgIpc) is 3.47. The summed E-state index contributed by atoms with van der Waals surface area (Å²) < 4.78 is 5.72. The van der Waals surface area contributed by atoms with Crippen LogP contribution in [0.15, 0.2) is 52.1 Å². The highest BCUT2D eigenvalue weighted by Gasteiger charge is 2.25. The Morgan fingerprint density at radius 2 is 2.00 bits per heavy atom. The number of hydrogen-bond donors (Lipinski definition) is 3. The lowest BCUT2D eigenvalue weighted by Gasteiger charge is -2.26. The maximum atomic E-state index is 12.0. The molecule has 1 atom stereocenters. The molecule has 0 spiro atoms. The summed E-state index contributed by atoms with van der Waals surface area (Å²) in [5, 5.41) is 9.75. The van der Waals surface area contributed by atoms with Crippen LogP contribution in [0.3, 0.4) is 0 Å². The molecule has 3 N–H and O–H groups in total. The average molecular weight is 441 g/mol. The lowest BCUT2D eigenvalue weighted by molar-refractivity contribution is -0.116. The van der Waals surface area contributed by atoms with E-state index in [-0.39, 0.29) is 11.9 Å². The second-order valence-corrected chi connectivity index (χ2v) is 8.34. The first kappa shape index (κ1) is 23.8. The number of guanidine groups is 1. The van der Waals surface area contributed by atoms with Gasteiger partial charge in [-0.25, -0.2) is 4.99 Å². The van der Waals surface area contributed by atoms with Crippen molar-refractivity contribution in [1.29, 1.82) is 0 Å². The molecule has 174 valence electrons. The number of carbonyl (C=O) groups is 1. The molecular formula is C24H36N6O2. The van der Waals surface area contributed by atoms with E-state index in [1.165, 1.54) is 12.8 Å². The Morgan fingerprint density at radius 3 is 2.69 bits per heavy atom. The molecule has 0 bridgehead atoms. The first-order valence-corrected chi connectivity index (χ1v) is 11.4. The van der Waals surface area contributed by atoms with Gasteiger partial charge in [-0.1, -0.05) is 12.1 Å². The standard InChI is InChI=1S/C24H36N6O2/c1-4-25-24(27-17-21(22-11-8-14-32-22)30-12-5-6-13-30)26-16-19-9-7-10-20(15-19)28-23(31)18-29(2)3/h7-11,14-15,21H,4-6,12-13,16-18H2,1-3H3,(H,28,31)(H2,25,26,27). The van der Waals surface area contributed by atoms with Crippen molar-refractivity contribution in [1.82, 2.24) is 20.4 Å². The van der Waals surface area contributed by atoms with Gasteiger partial charge in [-0.3, -0.25) is 9.69 Å². The van der Waals surface area contributed by atoms with Gasteiger partial charge in [0.1, 0.15) is 5.76 Å². The van der Waals surface area contributed by atoms with Gasteiger partial charge in [0, 0.05) is 18.8 Å². The molecule has 1 saturated heterocycles. The zero-order chi connectivity index (χ0) is 22.8. The van der Waals surface area contributed by atoms with Crippen LogP contribution in [0.1, 0.15) is 37.1 Å². The van der Waals surface area contributed by atoms with Gasteiger partial charge in [-0.05, 0) is 76.8 Å². The molecule has 2 aromatic rings. The van der Waals surface area contributed by atoms with Crippen molar-refractivity contribution in [3.63, 3.8) is 0 Å². The molecule has 1 fully saturated rings. The van der Waals surface area contributed by atoms with Crippen molar-refractivity contribution >= 4 is 17.6 Å². The number of likely N-dealkylation sites (N-methyl/N-ethyl adjacent to an activating group) is 1. The van der Waals surface area contributed by atoms with Crippen LogP contribution in [0.25, 0.3) is 0 Å². The van der Waals surface area contributed by atoms with Crippen molar-refractivity contribution < 1.29 is 9.21 Å². The molecule has 3 rings (SSSR count). The fraction of sp³-hybridized carbons (Fsp3) is 0.500. The number of nitrogens with zero attached hydrogens (tertiary/aromatic N) is 3. The molecule has 0 aliphatic carbocycles. The van der Waals surface area contributed by atoms with Crippen LogP contribution in [0.2, 0.25) is 0 Å². The summed E-state index contributed by atoms with van der Waals surface area (Å²) >= 11 is 0. The molecule has 1 aliphatic heterocycles. The molecule has 32 heavy (non-hydrogen) atoms. The molecule has 8 nitrogen and oxygen atoms in total. The summed E-state index contributed by atoms with van der Waals surface area (Å²) in [6.07, 6.45) is 4.20. The van der Waals surface area contributed by atoms with Crippen molar-refractivity contribution in [3.05, 3.63) is 54.0 Å². The summed E-state index contributed by atoms with van der Waals surface area (Å²) in [5.74, 6) is 1.72. The lowest BCUT2D eigenvalue weighted by atomic mass is 10.2. The highest BCUT2D eigenvalue weighted by molar-refractivity contribution is 5.92. The van der Waals surface area contributed by atoms with Crippen molar-refractivity contribution in [2.45, 2.75) is 32.4 Å². The maximum absolute atomic E-state index is 12.0. The van der Waals surface area contributed by atoms with E-state index in [9.17, 15) is 4.79 Å². The Kier molecular flexibility index (Phi) is 9.13. The fourth-order valence-corrected chi connectivity index (χ4v) is 3.88. The van der Waals surface area contributed by atoms with E-state index >= 15 is 0 Å². The normalized spacial score (nSPS) is 15.7. The third kappa shape index (κ3) is 7.39. The molecule has 0 saturated carbocycles. The van der Waals surface area contributed by atoms with E-state index in [0.29, 0.717) is 13.1 Å². The summed E-state index contributed by atoms with van der Waals surface area (Å²) in [6, 6.07) is 12.0. The minimum Gasteiger partial charge on any atom is -0.468 e. The van der Waals surface area contributed by atoms with Crippen molar-refractivity contribution in [2.75, 3.05) is 52.1 Å². The highest BCUT2D eigenvalue weighted by Crippen LogP contribution is 2.24. The minimum absolute atomic E-state index is 0.0310. The van der Waals surface area contributed by atoms with Gasteiger partial charge in [0.15, 0.2) is 5.96 Å². The minimum atomic E-state index is -0.0310. The molecule has 1 amide bonds. The van der Waals surface area contributed by atoms with E-state index in [1.54, 1.807) is 6.26 Å². The van der Waals surface area contributed by atoms with E-state index in [2.05, 4.69) is 27.8 Å². The molecule has 1 aromatic heterocycles. The van der Waals surface area contributed by atoms with Gasteiger partial charge in [0.05, 0.1) is 25.4 Å². The Balaban J connectivity index is 1.62. The van der Waals surface area contributed by atoms with Crippen LogP contribution in [-0.2, 0) is 11.3 Å². The molecule has 2 heterocycles. The van der Waals surface area contributed by atoms with Crippen LogP contribution in [-0.4, -0.2) is 68.5 Å². The topological polar surface area (TPSA) is 85.1 Å². The first-order valence-electron chi connectivity index (χ1n) is 11.4. The van der Waals surface area contributed by atoms with E-state index in [4.69, 9.17) is 9.41 Å². The maximum Gasteiger partial charge on any atom is 0.238 e. The Bertz CT molecular complexity index is 859. The number of benzene rings is 1. The quantitative estimate of drug-likeness (QED) is 0.389. The first-order chi connectivity index (χ1) is 15.5. The highest BCUT2D eigenvalue weighted by atomic mass is 16.3. The number of carbonyl (C=O) groups excluding carboxylic acids is 1.